The average molecular weight is 560 g/mol. The van der Waals surface area contributed by atoms with Gasteiger partial charge in [0.2, 0.25) is 5.60 Å². The van der Waals surface area contributed by atoms with Crippen molar-refractivity contribution in [3.05, 3.63) is 70.3 Å². The van der Waals surface area contributed by atoms with Crippen LogP contribution in [0.4, 0.5) is 43.9 Å². The Morgan fingerprint density at radius 3 is 1.47 bits per heavy atom. The molecule has 0 saturated carbocycles. The van der Waals surface area contributed by atoms with Crippen LogP contribution < -0.4 is 0 Å². The third kappa shape index (κ3) is 4.99. The Bertz CT molecular complexity index is 1150. The molecule has 0 radical (unpaired) electrons. The second-order valence-corrected chi connectivity index (χ2v) is 9.11. The Hall–Kier alpha value is -2.76. The minimum absolute atomic E-state index is 0.0605. The predicted octanol–water partition coefficient (Wildman–Crippen LogP) is 8.25. The maximum Gasteiger partial charge on any atom is 0.457 e. The highest BCUT2D eigenvalue weighted by atomic mass is 19.4. The zero-order chi connectivity index (χ0) is 29.5. The van der Waals surface area contributed by atoms with Gasteiger partial charge in [0.15, 0.2) is 0 Å². The molecule has 12 heteroatoms. The summed E-state index contributed by atoms with van der Waals surface area (Å²) in [5, 5.41) is 19.6. The lowest BCUT2D eigenvalue weighted by atomic mass is 9.70. The molecule has 0 amide bonds. The van der Waals surface area contributed by atoms with Crippen LogP contribution in [-0.4, -0.2) is 40.0 Å². The van der Waals surface area contributed by atoms with Crippen molar-refractivity contribution in [1.29, 1.82) is 0 Å². The van der Waals surface area contributed by atoms with Crippen molar-refractivity contribution >= 4 is 6.08 Å². The van der Waals surface area contributed by atoms with E-state index >= 15 is 0 Å². The number of aryl methyl sites for hydroxylation is 2. The summed E-state index contributed by atoms with van der Waals surface area (Å²) in [6, 6.07) is 9.03. The lowest BCUT2D eigenvalue weighted by molar-refractivity contribution is -0.409. The number of halogens is 10. The van der Waals surface area contributed by atoms with Crippen LogP contribution in [0.3, 0.4) is 0 Å². The van der Waals surface area contributed by atoms with Crippen molar-refractivity contribution in [3.63, 3.8) is 0 Å². The van der Waals surface area contributed by atoms with Crippen LogP contribution in [0.2, 0.25) is 0 Å². The number of phenols is 1. The third-order valence-corrected chi connectivity index (χ3v) is 6.95. The first-order valence-corrected chi connectivity index (χ1v) is 11.3. The van der Waals surface area contributed by atoms with Crippen molar-refractivity contribution in [2.75, 3.05) is 0 Å². The number of aromatic hydroxyl groups is 1. The number of benzene rings is 2. The number of aliphatic hydroxyl groups is 1. The summed E-state index contributed by atoms with van der Waals surface area (Å²) in [5.41, 5.74) is -4.73. The Kier molecular flexibility index (Phi) is 8.35. The van der Waals surface area contributed by atoms with Crippen molar-refractivity contribution in [2.45, 2.75) is 75.8 Å². The van der Waals surface area contributed by atoms with Gasteiger partial charge in [-0.15, -0.1) is 0 Å². The van der Waals surface area contributed by atoms with Crippen LogP contribution in [0.5, 0.6) is 5.75 Å². The van der Waals surface area contributed by atoms with Gasteiger partial charge in [-0.05, 0) is 66.6 Å². The SMILES string of the molecule is CCC(CC)(c1ccc(O)c(C)c1)c1ccc(C=CC(O)(C(F)(F)C(F)(F)F)C(F)(F)C(F)(F)F)c(C)c1. The number of alkyl halides is 10. The number of hydrogen-bond acceptors (Lipinski definition) is 2. The Balaban J connectivity index is 2.67. The molecule has 2 nitrogen and oxygen atoms in total. The second kappa shape index (κ2) is 10.1. The van der Waals surface area contributed by atoms with Gasteiger partial charge in [0.25, 0.3) is 0 Å². The maximum absolute atomic E-state index is 13.9. The molecule has 2 N–H and O–H groups in total. The first-order valence-electron chi connectivity index (χ1n) is 11.3. The van der Waals surface area contributed by atoms with Gasteiger partial charge < -0.3 is 10.2 Å². The largest absolute Gasteiger partial charge is 0.508 e. The Morgan fingerprint density at radius 1 is 0.684 bits per heavy atom. The van der Waals surface area contributed by atoms with Crippen LogP contribution >= 0.6 is 0 Å². The van der Waals surface area contributed by atoms with E-state index in [-0.39, 0.29) is 23.0 Å². The Labute approximate surface area is 212 Å². The van der Waals surface area contributed by atoms with Gasteiger partial charge >= 0.3 is 24.2 Å². The van der Waals surface area contributed by atoms with Crippen LogP contribution in [0, 0.1) is 13.8 Å². The van der Waals surface area contributed by atoms with E-state index in [1.165, 1.54) is 25.1 Å². The summed E-state index contributed by atoms with van der Waals surface area (Å²) in [4.78, 5) is 0. The first-order chi connectivity index (χ1) is 17.1. The lowest BCUT2D eigenvalue weighted by Gasteiger charge is -2.40. The second-order valence-electron chi connectivity index (χ2n) is 9.11. The van der Waals surface area contributed by atoms with Crippen molar-refractivity contribution < 1.29 is 54.1 Å². The van der Waals surface area contributed by atoms with E-state index in [9.17, 15) is 54.1 Å². The number of phenolic OH excluding ortho intramolecular Hbond substituents is 1. The van der Waals surface area contributed by atoms with Crippen molar-refractivity contribution in [1.82, 2.24) is 0 Å². The van der Waals surface area contributed by atoms with Gasteiger partial charge in [-0.3, -0.25) is 0 Å². The van der Waals surface area contributed by atoms with E-state index < -0.39 is 41.3 Å². The highest BCUT2D eigenvalue weighted by molar-refractivity contribution is 5.58. The molecule has 0 atom stereocenters. The van der Waals surface area contributed by atoms with E-state index in [2.05, 4.69) is 0 Å². The highest BCUT2D eigenvalue weighted by Gasteiger charge is 2.83. The van der Waals surface area contributed by atoms with E-state index in [1.54, 1.807) is 19.1 Å². The fourth-order valence-electron chi connectivity index (χ4n) is 4.40. The molecule has 0 aliphatic heterocycles. The molecule has 0 spiro atoms. The molecule has 0 aliphatic carbocycles. The van der Waals surface area contributed by atoms with E-state index in [0.29, 0.717) is 24.0 Å². The highest BCUT2D eigenvalue weighted by Crippen LogP contribution is 2.55. The van der Waals surface area contributed by atoms with Crippen molar-refractivity contribution in [3.8, 4) is 5.75 Å². The Morgan fingerprint density at radius 2 is 1.11 bits per heavy atom. The van der Waals surface area contributed by atoms with Gasteiger partial charge in [-0.2, -0.15) is 43.9 Å². The fraction of sp³-hybridized carbons (Fsp3) is 0.462. The molecule has 0 aliphatic rings. The summed E-state index contributed by atoms with van der Waals surface area (Å²) >= 11 is 0. The molecule has 2 rings (SSSR count). The lowest BCUT2D eigenvalue weighted by Crippen LogP contribution is -2.69. The van der Waals surface area contributed by atoms with E-state index in [4.69, 9.17) is 0 Å². The summed E-state index contributed by atoms with van der Waals surface area (Å²) in [6.45, 7) is 6.77. The van der Waals surface area contributed by atoms with Crippen LogP contribution in [0.15, 0.2) is 42.5 Å². The maximum atomic E-state index is 13.9. The first kappa shape index (κ1) is 31.5. The standard InChI is InChI=1S/C26H26F10O2/c1-5-21(6-2,19-9-10-20(37)16(4)14-19)18-8-7-17(15(3)13-18)11-12-22(38,23(27,28)25(31,32)33)24(29,30)26(34,35)36/h7-14,37-38H,5-6H2,1-4H3. The van der Waals surface area contributed by atoms with Gasteiger partial charge in [-0.25, -0.2) is 0 Å². The molecular formula is C26H26F10O2. The molecule has 2 aromatic rings. The van der Waals surface area contributed by atoms with Crippen LogP contribution in [-0.2, 0) is 5.41 Å². The zero-order valence-corrected chi connectivity index (χ0v) is 20.7. The summed E-state index contributed by atoms with van der Waals surface area (Å²) in [7, 11) is 0. The summed E-state index contributed by atoms with van der Waals surface area (Å²) in [5.74, 6) is -13.7. The molecule has 2 aromatic carbocycles. The molecular weight excluding hydrogens is 534 g/mol. The normalized spacial score (nSPS) is 14.4. The number of hydrogen-bond donors (Lipinski definition) is 2. The monoisotopic (exact) mass is 560 g/mol. The van der Waals surface area contributed by atoms with Crippen molar-refractivity contribution in [2.24, 2.45) is 0 Å². The molecule has 0 heterocycles. The fourth-order valence-corrected chi connectivity index (χ4v) is 4.40. The zero-order valence-electron chi connectivity index (χ0n) is 20.7. The van der Waals surface area contributed by atoms with E-state index in [0.717, 1.165) is 11.6 Å². The van der Waals surface area contributed by atoms with Gasteiger partial charge in [0.1, 0.15) is 5.75 Å². The van der Waals surface area contributed by atoms with Gasteiger partial charge in [0.05, 0.1) is 0 Å². The van der Waals surface area contributed by atoms with Gasteiger partial charge in [-0.1, -0.05) is 50.3 Å². The number of rotatable bonds is 8. The van der Waals surface area contributed by atoms with Crippen LogP contribution in [0.25, 0.3) is 6.08 Å². The topological polar surface area (TPSA) is 40.5 Å². The summed E-state index contributed by atoms with van der Waals surface area (Å²) in [6.07, 6.45) is -13.5. The third-order valence-electron chi connectivity index (χ3n) is 6.95. The molecule has 0 saturated heterocycles. The predicted molar refractivity (Wildman–Crippen MR) is 121 cm³/mol. The molecule has 0 fully saturated rings. The summed E-state index contributed by atoms with van der Waals surface area (Å²) < 4.78 is 133. The van der Waals surface area contributed by atoms with Crippen LogP contribution in [0.1, 0.15) is 54.5 Å². The quantitative estimate of drug-likeness (QED) is 0.319. The smallest absolute Gasteiger partial charge is 0.457 e. The van der Waals surface area contributed by atoms with E-state index in [1.807, 2.05) is 13.8 Å². The molecule has 212 valence electrons. The molecule has 0 bridgehead atoms. The average Bonchev–Trinajstić information content (AvgIpc) is 2.80. The van der Waals surface area contributed by atoms with Gasteiger partial charge in [0, 0.05) is 5.41 Å². The minimum atomic E-state index is -6.93. The molecule has 38 heavy (non-hydrogen) atoms. The molecule has 0 unspecified atom stereocenters. The minimum Gasteiger partial charge on any atom is -0.508 e. The molecule has 0 aromatic heterocycles.